The molecule has 0 aliphatic carbocycles. The van der Waals surface area contributed by atoms with E-state index in [1.807, 2.05) is 0 Å². The molecule has 0 heterocycles. The summed E-state index contributed by atoms with van der Waals surface area (Å²) in [6.07, 6.45) is -17.2. The smallest absolute Gasteiger partial charge is 0.466 e. The number of nitrogens with zero attached hydrogens (tertiary/aromatic N) is 1. The van der Waals surface area contributed by atoms with Crippen molar-refractivity contribution in [1.29, 1.82) is 0 Å². The van der Waals surface area contributed by atoms with Crippen LogP contribution < -0.4 is 0 Å². The van der Waals surface area contributed by atoms with Gasteiger partial charge in [0.05, 0.1) is 16.8 Å². The Balaban J connectivity index is 2.46. The highest BCUT2D eigenvalue weighted by molar-refractivity contribution is 5.84. The van der Waals surface area contributed by atoms with Gasteiger partial charge in [-0.2, -0.15) is 39.5 Å². The van der Waals surface area contributed by atoms with Gasteiger partial charge in [-0.05, 0) is 42.8 Å². The molecule has 2 nitrogen and oxygen atoms in total. The number of hydrogen-bond donors (Lipinski definition) is 0. The van der Waals surface area contributed by atoms with Crippen molar-refractivity contribution < 1.29 is 44.3 Å². The molecule has 0 radical (unpaired) electrons. The minimum absolute atomic E-state index is 0.126. The van der Waals surface area contributed by atoms with Crippen LogP contribution in [-0.4, -0.2) is 12.1 Å². The van der Waals surface area contributed by atoms with Crippen molar-refractivity contribution in [2.24, 2.45) is 4.99 Å². The Kier molecular flexibility index (Phi) is 6.19. The number of para-hydroxylation sites is 1. The van der Waals surface area contributed by atoms with Crippen LogP contribution in [0.15, 0.2) is 53.5 Å². The van der Waals surface area contributed by atoms with Gasteiger partial charge in [0.2, 0.25) is 0 Å². The van der Waals surface area contributed by atoms with Crippen LogP contribution in [0.3, 0.4) is 0 Å². The van der Waals surface area contributed by atoms with E-state index in [2.05, 4.69) is 9.73 Å². The van der Waals surface area contributed by atoms with Crippen LogP contribution in [0.25, 0.3) is 0 Å². The van der Waals surface area contributed by atoms with Gasteiger partial charge < -0.3 is 4.74 Å². The number of rotatable bonds is 3. The Hall–Kier alpha value is -2.72. The predicted octanol–water partition coefficient (Wildman–Crippen LogP) is 7.09. The van der Waals surface area contributed by atoms with E-state index < -0.39 is 47.2 Å². The van der Waals surface area contributed by atoms with Crippen LogP contribution in [0.2, 0.25) is 0 Å². The summed E-state index contributed by atoms with van der Waals surface area (Å²) in [6, 6.07) is 7.19. The van der Waals surface area contributed by atoms with Crippen LogP contribution >= 0.6 is 0 Å². The Morgan fingerprint density at radius 2 is 1.28 bits per heavy atom. The van der Waals surface area contributed by atoms with Gasteiger partial charge in [-0.25, -0.2) is 4.99 Å². The third kappa shape index (κ3) is 6.13. The molecule has 0 aliphatic heterocycles. The molecule has 158 valence electrons. The molecule has 0 spiro atoms. The highest BCUT2D eigenvalue weighted by atomic mass is 19.4. The maximum absolute atomic E-state index is 13.2. The van der Waals surface area contributed by atoms with Gasteiger partial charge >= 0.3 is 18.5 Å². The Bertz CT molecular complexity index is 835. The van der Waals surface area contributed by atoms with Crippen LogP contribution in [0.4, 0.5) is 45.2 Å². The molecular formula is C18H12F9NO. The summed E-state index contributed by atoms with van der Waals surface area (Å²) in [5, 5.41) is 0. The Morgan fingerprint density at radius 3 is 1.69 bits per heavy atom. The molecule has 0 amide bonds. The average Bonchev–Trinajstić information content (AvgIpc) is 2.59. The summed E-state index contributed by atoms with van der Waals surface area (Å²) in [4.78, 5) is 3.26. The molecule has 0 saturated heterocycles. The summed E-state index contributed by atoms with van der Waals surface area (Å²) >= 11 is 0. The van der Waals surface area contributed by atoms with Gasteiger partial charge in [-0.1, -0.05) is 18.2 Å². The lowest BCUT2D eigenvalue weighted by Crippen LogP contribution is -2.27. The Labute approximate surface area is 158 Å². The summed E-state index contributed by atoms with van der Waals surface area (Å²) in [6.45, 7) is 0.891. The van der Waals surface area contributed by atoms with E-state index in [-0.39, 0.29) is 11.8 Å². The lowest BCUT2D eigenvalue weighted by Gasteiger charge is -2.21. The minimum atomic E-state index is -5.14. The number of alkyl halides is 9. The van der Waals surface area contributed by atoms with Gasteiger partial charge in [0.15, 0.2) is 0 Å². The molecule has 0 saturated carbocycles. The van der Waals surface area contributed by atoms with E-state index in [4.69, 9.17) is 0 Å². The summed E-state index contributed by atoms with van der Waals surface area (Å²) in [7, 11) is 0. The third-order valence-corrected chi connectivity index (χ3v) is 3.60. The second-order valence-electron chi connectivity index (χ2n) is 5.85. The number of hydrogen-bond acceptors (Lipinski definition) is 2. The van der Waals surface area contributed by atoms with E-state index in [9.17, 15) is 39.5 Å². The zero-order chi connectivity index (χ0) is 22.0. The van der Waals surface area contributed by atoms with Crippen LogP contribution in [-0.2, 0) is 17.1 Å². The minimum Gasteiger partial charge on any atom is -0.466 e. The monoisotopic (exact) mass is 429 g/mol. The maximum atomic E-state index is 13.2. The number of benzene rings is 2. The van der Waals surface area contributed by atoms with Crippen LogP contribution in [0, 0.1) is 0 Å². The molecule has 11 heteroatoms. The maximum Gasteiger partial charge on any atom is 0.468 e. The SMILES string of the molecule is C[C@@H](OC(=Nc1ccccc1)C(F)(F)F)c1cc(C(F)(F)F)cc(C(F)(F)F)c1. The highest BCUT2D eigenvalue weighted by Crippen LogP contribution is 2.38. The molecule has 0 fully saturated rings. The zero-order valence-corrected chi connectivity index (χ0v) is 14.5. The molecule has 2 rings (SSSR count). The molecule has 29 heavy (non-hydrogen) atoms. The molecular weight excluding hydrogens is 417 g/mol. The lowest BCUT2D eigenvalue weighted by molar-refractivity contribution is -0.143. The first-order valence-electron chi connectivity index (χ1n) is 7.85. The van der Waals surface area contributed by atoms with Gasteiger partial charge in [-0.3, -0.25) is 0 Å². The molecule has 0 aliphatic rings. The predicted molar refractivity (Wildman–Crippen MR) is 85.5 cm³/mol. The summed E-state index contributed by atoms with van der Waals surface area (Å²) < 4.78 is 122. The summed E-state index contributed by atoms with van der Waals surface area (Å²) in [5.74, 6) is -1.80. The molecule has 2 aromatic rings. The van der Waals surface area contributed by atoms with E-state index >= 15 is 0 Å². The van der Waals surface area contributed by atoms with Crippen molar-refractivity contribution in [3.8, 4) is 0 Å². The standard InChI is InChI=1S/C18H12F9NO/c1-10(29-15(18(25,26)27)28-14-5-3-2-4-6-14)11-7-12(16(19,20)21)9-13(8-11)17(22,23)24/h2-10H,1H3/t10-/m1/s1. The van der Waals surface area contributed by atoms with Crippen LogP contribution in [0.1, 0.15) is 29.7 Å². The van der Waals surface area contributed by atoms with E-state index in [1.165, 1.54) is 30.3 Å². The first kappa shape index (κ1) is 22.6. The lowest BCUT2D eigenvalue weighted by atomic mass is 10.0. The van der Waals surface area contributed by atoms with Gasteiger partial charge in [0.1, 0.15) is 6.10 Å². The fraction of sp³-hybridized carbons (Fsp3) is 0.278. The van der Waals surface area contributed by atoms with E-state index in [0.717, 1.165) is 6.92 Å². The fourth-order valence-electron chi connectivity index (χ4n) is 2.23. The quantitative estimate of drug-likeness (QED) is 0.290. The Morgan fingerprint density at radius 1 is 0.793 bits per heavy atom. The van der Waals surface area contributed by atoms with Crippen molar-refractivity contribution in [3.63, 3.8) is 0 Å². The topological polar surface area (TPSA) is 21.6 Å². The number of ether oxygens (including phenoxy) is 1. The van der Waals surface area contributed by atoms with Crippen molar-refractivity contribution in [1.82, 2.24) is 0 Å². The average molecular weight is 429 g/mol. The fourth-order valence-corrected chi connectivity index (χ4v) is 2.23. The molecule has 0 unspecified atom stereocenters. The number of aliphatic imine (C=N–C) groups is 1. The molecule has 1 atom stereocenters. The van der Waals surface area contributed by atoms with Gasteiger partial charge in [0, 0.05) is 0 Å². The van der Waals surface area contributed by atoms with E-state index in [1.54, 1.807) is 0 Å². The van der Waals surface area contributed by atoms with Gasteiger partial charge in [-0.15, -0.1) is 0 Å². The highest BCUT2D eigenvalue weighted by Gasteiger charge is 2.41. The molecule has 0 aromatic heterocycles. The second-order valence-corrected chi connectivity index (χ2v) is 5.85. The van der Waals surface area contributed by atoms with Crippen molar-refractivity contribution in [2.75, 3.05) is 0 Å². The zero-order valence-electron chi connectivity index (χ0n) is 14.5. The van der Waals surface area contributed by atoms with Crippen molar-refractivity contribution in [3.05, 3.63) is 65.2 Å². The summed E-state index contributed by atoms with van der Waals surface area (Å²) in [5.41, 5.74) is -4.22. The number of halogens is 9. The first-order chi connectivity index (χ1) is 13.2. The largest absolute Gasteiger partial charge is 0.468 e. The first-order valence-corrected chi connectivity index (χ1v) is 7.85. The molecule has 0 N–H and O–H groups in total. The van der Waals surface area contributed by atoms with Crippen molar-refractivity contribution >= 4 is 11.6 Å². The normalized spacial score (nSPS) is 14.6. The van der Waals surface area contributed by atoms with Gasteiger partial charge in [0.25, 0.3) is 5.90 Å². The van der Waals surface area contributed by atoms with E-state index in [0.29, 0.717) is 12.1 Å². The van der Waals surface area contributed by atoms with Crippen LogP contribution in [0.5, 0.6) is 0 Å². The third-order valence-electron chi connectivity index (χ3n) is 3.60. The van der Waals surface area contributed by atoms with Crippen molar-refractivity contribution in [2.45, 2.75) is 31.6 Å². The molecule has 2 aromatic carbocycles. The molecule has 0 bridgehead atoms. The second kappa shape index (κ2) is 7.96.